The lowest BCUT2D eigenvalue weighted by molar-refractivity contribution is 0.650. The molecule has 3 heterocycles. The molecule has 6 nitrogen and oxygen atoms in total. The van der Waals surface area contributed by atoms with Crippen molar-refractivity contribution in [1.82, 2.24) is 19.5 Å². The van der Waals surface area contributed by atoms with E-state index in [0.29, 0.717) is 23.6 Å². The summed E-state index contributed by atoms with van der Waals surface area (Å²) in [6, 6.07) is 0. The number of H-pyrrole nitrogens is 2. The van der Waals surface area contributed by atoms with Crippen molar-refractivity contribution in [2.45, 2.75) is 32.2 Å². The molecule has 0 bridgehead atoms. The van der Waals surface area contributed by atoms with Gasteiger partial charge in [0.25, 0.3) is 5.56 Å². The number of imidazole rings is 1. The van der Waals surface area contributed by atoms with Crippen LogP contribution in [0.4, 0.5) is 0 Å². The van der Waals surface area contributed by atoms with E-state index < -0.39 is 0 Å². The van der Waals surface area contributed by atoms with Gasteiger partial charge in [0.05, 0.1) is 0 Å². The van der Waals surface area contributed by atoms with E-state index >= 15 is 0 Å². The molecule has 0 saturated carbocycles. The van der Waals surface area contributed by atoms with E-state index in [1.54, 1.807) is 4.57 Å². The van der Waals surface area contributed by atoms with Gasteiger partial charge in [-0.05, 0) is 18.6 Å². The summed E-state index contributed by atoms with van der Waals surface area (Å²) in [5.41, 5.74) is 0.150. The first-order valence-corrected chi connectivity index (χ1v) is 7.66. The van der Waals surface area contributed by atoms with Crippen LogP contribution in [0.5, 0.6) is 0 Å². The smallest absolute Gasteiger partial charge is 0.330 e. The average molecular weight is 280 g/mol. The van der Waals surface area contributed by atoms with Gasteiger partial charge >= 0.3 is 5.69 Å². The molecule has 0 radical (unpaired) electrons. The Kier molecular flexibility index (Phi) is 3.22. The Bertz CT molecular complexity index is 709. The van der Waals surface area contributed by atoms with E-state index in [4.69, 9.17) is 0 Å². The minimum absolute atomic E-state index is 0.363. The van der Waals surface area contributed by atoms with Crippen LogP contribution in [0, 0.1) is 0 Å². The minimum atomic E-state index is -0.378. The fourth-order valence-corrected chi connectivity index (χ4v) is 3.66. The Morgan fingerprint density at radius 3 is 2.95 bits per heavy atom. The molecule has 1 atom stereocenters. The summed E-state index contributed by atoms with van der Waals surface area (Å²) < 4.78 is 1.54. The molecule has 1 aliphatic heterocycles. The lowest BCUT2D eigenvalue weighted by atomic mass is 10.1. The molecule has 0 spiro atoms. The van der Waals surface area contributed by atoms with Crippen molar-refractivity contribution < 1.29 is 0 Å². The largest absolute Gasteiger partial charge is 0.336 e. The van der Waals surface area contributed by atoms with Crippen LogP contribution in [-0.2, 0) is 6.54 Å². The second-order valence-corrected chi connectivity index (χ2v) is 5.94. The molecule has 1 aliphatic rings. The Morgan fingerprint density at radius 2 is 2.26 bits per heavy atom. The molecule has 19 heavy (non-hydrogen) atoms. The van der Waals surface area contributed by atoms with E-state index in [0.717, 1.165) is 30.2 Å². The number of nitrogens with zero attached hydrogens (tertiary/aromatic N) is 2. The first kappa shape index (κ1) is 12.5. The Labute approximate surface area is 113 Å². The van der Waals surface area contributed by atoms with Crippen molar-refractivity contribution in [2.24, 2.45) is 0 Å². The topological polar surface area (TPSA) is 83.5 Å². The number of hydrogen-bond acceptors (Lipinski definition) is 4. The molecular formula is C12H16N4O2S. The van der Waals surface area contributed by atoms with Gasteiger partial charge in [0.2, 0.25) is 0 Å². The summed E-state index contributed by atoms with van der Waals surface area (Å²) in [5, 5.41) is 0. The zero-order valence-corrected chi connectivity index (χ0v) is 11.5. The minimum Gasteiger partial charge on any atom is -0.336 e. The number of aromatic nitrogens is 4. The zero-order valence-electron chi connectivity index (χ0n) is 10.7. The lowest BCUT2D eigenvalue weighted by Gasteiger charge is -2.03. The standard InChI is InChI=1S/C12H16N4O2S/c1-2-4-16-10-8(11(17)15-12(16)18)13-9(14-10)7-3-5-19-6-7/h7H,2-6H2,1H3,(H,13,14)(H,15,17,18). The van der Waals surface area contributed by atoms with Crippen molar-refractivity contribution in [3.05, 3.63) is 26.7 Å². The second-order valence-electron chi connectivity index (χ2n) is 4.79. The fraction of sp³-hybridized carbons (Fsp3) is 0.583. The molecule has 0 aromatic carbocycles. The van der Waals surface area contributed by atoms with Gasteiger partial charge in [-0.2, -0.15) is 11.8 Å². The van der Waals surface area contributed by atoms with Gasteiger partial charge in [0, 0.05) is 18.2 Å². The number of thioether (sulfide) groups is 1. The highest BCUT2D eigenvalue weighted by Crippen LogP contribution is 2.31. The highest BCUT2D eigenvalue weighted by Gasteiger charge is 2.22. The molecule has 102 valence electrons. The lowest BCUT2D eigenvalue weighted by Crippen LogP contribution is -2.30. The van der Waals surface area contributed by atoms with Crippen molar-refractivity contribution in [2.75, 3.05) is 11.5 Å². The van der Waals surface area contributed by atoms with E-state index in [2.05, 4.69) is 15.0 Å². The van der Waals surface area contributed by atoms with E-state index in [1.165, 1.54) is 0 Å². The molecule has 2 N–H and O–H groups in total. The van der Waals surface area contributed by atoms with E-state index in [-0.39, 0.29) is 11.2 Å². The normalized spacial score (nSPS) is 19.3. The molecule has 2 aromatic rings. The first-order valence-electron chi connectivity index (χ1n) is 6.51. The first-order chi connectivity index (χ1) is 9.20. The van der Waals surface area contributed by atoms with Gasteiger partial charge in [-0.1, -0.05) is 6.92 Å². The van der Waals surface area contributed by atoms with Gasteiger partial charge in [0.15, 0.2) is 5.65 Å². The van der Waals surface area contributed by atoms with Crippen molar-refractivity contribution in [1.29, 1.82) is 0 Å². The summed E-state index contributed by atoms with van der Waals surface area (Å²) in [4.78, 5) is 33.6. The maximum atomic E-state index is 11.8. The highest BCUT2D eigenvalue weighted by atomic mass is 32.2. The molecule has 0 aliphatic carbocycles. The Morgan fingerprint density at radius 1 is 1.42 bits per heavy atom. The highest BCUT2D eigenvalue weighted by molar-refractivity contribution is 7.99. The van der Waals surface area contributed by atoms with Crippen LogP contribution < -0.4 is 11.2 Å². The predicted molar refractivity (Wildman–Crippen MR) is 75.9 cm³/mol. The third kappa shape index (κ3) is 2.11. The van der Waals surface area contributed by atoms with E-state index in [9.17, 15) is 9.59 Å². The number of aryl methyl sites for hydroxylation is 1. The van der Waals surface area contributed by atoms with Crippen LogP contribution in [0.25, 0.3) is 11.2 Å². The monoisotopic (exact) mass is 280 g/mol. The Hall–Kier alpha value is -1.50. The second kappa shape index (κ2) is 4.88. The maximum absolute atomic E-state index is 11.8. The van der Waals surface area contributed by atoms with Gasteiger partial charge in [-0.3, -0.25) is 14.3 Å². The summed E-state index contributed by atoms with van der Waals surface area (Å²) in [5.74, 6) is 3.35. The maximum Gasteiger partial charge on any atom is 0.330 e. The fourth-order valence-electron chi connectivity index (χ4n) is 2.43. The third-order valence-electron chi connectivity index (χ3n) is 3.41. The Balaban J connectivity index is 2.20. The molecule has 2 aromatic heterocycles. The molecule has 1 fully saturated rings. The summed E-state index contributed by atoms with van der Waals surface area (Å²) >= 11 is 1.89. The molecule has 0 amide bonds. The average Bonchev–Trinajstić information content (AvgIpc) is 3.02. The number of nitrogens with one attached hydrogen (secondary N) is 2. The number of aromatic amines is 2. The van der Waals surface area contributed by atoms with Crippen molar-refractivity contribution >= 4 is 22.9 Å². The molecule has 1 saturated heterocycles. The molecule has 3 rings (SSSR count). The quantitative estimate of drug-likeness (QED) is 0.880. The van der Waals surface area contributed by atoms with Crippen LogP contribution in [0.2, 0.25) is 0 Å². The van der Waals surface area contributed by atoms with Gasteiger partial charge < -0.3 is 4.98 Å². The van der Waals surface area contributed by atoms with Gasteiger partial charge in [0.1, 0.15) is 11.3 Å². The summed E-state index contributed by atoms with van der Waals surface area (Å²) in [6.07, 6.45) is 1.89. The summed E-state index contributed by atoms with van der Waals surface area (Å²) in [6.45, 7) is 2.56. The van der Waals surface area contributed by atoms with Crippen LogP contribution in [0.3, 0.4) is 0 Å². The van der Waals surface area contributed by atoms with Crippen molar-refractivity contribution in [3.63, 3.8) is 0 Å². The zero-order chi connectivity index (χ0) is 13.4. The van der Waals surface area contributed by atoms with Crippen LogP contribution >= 0.6 is 11.8 Å². The number of fused-ring (bicyclic) bond motifs is 1. The van der Waals surface area contributed by atoms with Crippen LogP contribution in [0.1, 0.15) is 31.5 Å². The summed E-state index contributed by atoms with van der Waals surface area (Å²) in [7, 11) is 0. The van der Waals surface area contributed by atoms with Crippen LogP contribution in [0.15, 0.2) is 9.59 Å². The van der Waals surface area contributed by atoms with E-state index in [1.807, 2.05) is 18.7 Å². The van der Waals surface area contributed by atoms with Gasteiger partial charge in [-0.25, -0.2) is 9.78 Å². The SMILES string of the molecule is CCCn1c(=O)[nH]c(=O)c2[nH]c(C3CCSC3)nc21. The molecule has 7 heteroatoms. The third-order valence-corrected chi connectivity index (χ3v) is 4.58. The molecular weight excluding hydrogens is 264 g/mol. The molecule has 1 unspecified atom stereocenters. The van der Waals surface area contributed by atoms with Gasteiger partial charge in [-0.15, -0.1) is 0 Å². The predicted octanol–water partition coefficient (Wildman–Crippen LogP) is 1.04. The van der Waals surface area contributed by atoms with Crippen LogP contribution in [-0.4, -0.2) is 31.0 Å². The number of hydrogen-bond donors (Lipinski definition) is 2. The number of rotatable bonds is 3. The van der Waals surface area contributed by atoms with Crippen molar-refractivity contribution in [3.8, 4) is 0 Å².